The van der Waals surface area contributed by atoms with Crippen LogP contribution in [0.2, 0.25) is 0 Å². The number of nitrogens with two attached hydrogens (primary N) is 1. The SMILES string of the molecule is CC1C2CCN(CC2)C1C(=O)NN. The van der Waals surface area contributed by atoms with Gasteiger partial charge in [-0.15, -0.1) is 0 Å². The molecule has 0 aromatic rings. The summed E-state index contributed by atoms with van der Waals surface area (Å²) in [7, 11) is 0. The van der Waals surface area contributed by atoms with Crippen LogP contribution in [-0.2, 0) is 4.79 Å². The summed E-state index contributed by atoms with van der Waals surface area (Å²) in [5, 5.41) is 0. The number of hydrogen-bond acceptors (Lipinski definition) is 3. The molecular weight excluding hydrogens is 166 g/mol. The lowest BCUT2D eigenvalue weighted by molar-refractivity contribution is -0.134. The molecular formula is C9H17N3O. The Bertz CT molecular complexity index is 209. The minimum absolute atomic E-state index is 0.0168. The number of hydrogen-bond donors (Lipinski definition) is 2. The fourth-order valence-electron chi connectivity index (χ4n) is 2.80. The van der Waals surface area contributed by atoms with Crippen LogP contribution in [-0.4, -0.2) is 29.9 Å². The van der Waals surface area contributed by atoms with E-state index in [1.54, 1.807) is 0 Å². The fourth-order valence-corrected chi connectivity index (χ4v) is 2.80. The number of piperidine rings is 3. The summed E-state index contributed by atoms with van der Waals surface area (Å²) in [6, 6.07) is 0.0255. The molecule has 3 N–H and O–H groups in total. The number of fused-ring (bicyclic) bond motifs is 3. The second kappa shape index (κ2) is 3.27. The van der Waals surface area contributed by atoms with Crippen LogP contribution in [0.3, 0.4) is 0 Å². The first-order chi connectivity index (χ1) is 6.24. The Morgan fingerprint density at radius 3 is 2.54 bits per heavy atom. The van der Waals surface area contributed by atoms with Crippen LogP contribution in [0.4, 0.5) is 0 Å². The zero-order valence-corrected chi connectivity index (χ0v) is 7.99. The molecule has 2 bridgehead atoms. The molecule has 3 rings (SSSR count). The molecule has 3 heterocycles. The van der Waals surface area contributed by atoms with E-state index in [2.05, 4.69) is 17.2 Å². The third-order valence-electron chi connectivity index (χ3n) is 3.62. The second-order valence-electron chi connectivity index (χ2n) is 4.19. The number of carbonyl (C=O) groups is 1. The lowest BCUT2D eigenvalue weighted by atomic mass is 9.74. The molecule has 3 fully saturated rings. The van der Waals surface area contributed by atoms with Gasteiger partial charge in [0.1, 0.15) is 0 Å². The van der Waals surface area contributed by atoms with Crippen LogP contribution in [0.15, 0.2) is 0 Å². The predicted molar refractivity (Wildman–Crippen MR) is 49.6 cm³/mol. The van der Waals surface area contributed by atoms with E-state index in [-0.39, 0.29) is 11.9 Å². The third-order valence-corrected chi connectivity index (χ3v) is 3.62. The molecule has 0 radical (unpaired) electrons. The minimum Gasteiger partial charge on any atom is -0.293 e. The van der Waals surface area contributed by atoms with E-state index in [0.29, 0.717) is 5.92 Å². The molecule has 3 aliphatic rings. The lowest BCUT2D eigenvalue weighted by Crippen LogP contribution is -2.60. The topological polar surface area (TPSA) is 58.4 Å². The second-order valence-corrected chi connectivity index (χ2v) is 4.19. The highest BCUT2D eigenvalue weighted by Crippen LogP contribution is 2.36. The van der Waals surface area contributed by atoms with E-state index in [1.165, 1.54) is 12.8 Å². The Kier molecular flexibility index (Phi) is 2.26. The molecule has 13 heavy (non-hydrogen) atoms. The number of nitrogens with one attached hydrogen (secondary N) is 1. The number of amides is 1. The van der Waals surface area contributed by atoms with Gasteiger partial charge in [0.15, 0.2) is 0 Å². The molecule has 3 saturated heterocycles. The van der Waals surface area contributed by atoms with E-state index in [4.69, 9.17) is 5.84 Å². The molecule has 4 heteroatoms. The highest BCUT2D eigenvalue weighted by atomic mass is 16.2. The van der Waals surface area contributed by atoms with E-state index in [1.807, 2.05) is 0 Å². The summed E-state index contributed by atoms with van der Waals surface area (Å²) in [6.45, 7) is 4.29. The highest BCUT2D eigenvalue weighted by molar-refractivity contribution is 5.81. The summed E-state index contributed by atoms with van der Waals surface area (Å²) >= 11 is 0. The van der Waals surface area contributed by atoms with Crippen LogP contribution >= 0.6 is 0 Å². The van der Waals surface area contributed by atoms with Gasteiger partial charge in [-0.05, 0) is 37.8 Å². The minimum atomic E-state index is -0.0168. The van der Waals surface area contributed by atoms with Crippen LogP contribution in [0.25, 0.3) is 0 Å². The summed E-state index contributed by atoms with van der Waals surface area (Å²) < 4.78 is 0. The average molecular weight is 183 g/mol. The van der Waals surface area contributed by atoms with E-state index < -0.39 is 0 Å². The molecule has 3 aliphatic heterocycles. The monoisotopic (exact) mass is 183 g/mol. The molecule has 74 valence electrons. The first-order valence-electron chi connectivity index (χ1n) is 4.98. The van der Waals surface area contributed by atoms with Crippen LogP contribution < -0.4 is 11.3 Å². The van der Waals surface area contributed by atoms with Crippen LogP contribution in [0, 0.1) is 11.8 Å². The van der Waals surface area contributed by atoms with E-state index >= 15 is 0 Å². The first-order valence-corrected chi connectivity index (χ1v) is 4.98. The summed E-state index contributed by atoms with van der Waals surface area (Å²) in [6.07, 6.45) is 2.49. The van der Waals surface area contributed by atoms with E-state index in [9.17, 15) is 4.79 Å². The highest BCUT2D eigenvalue weighted by Gasteiger charge is 2.42. The van der Waals surface area contributed by atoms with Gasteiger partial charge in [-0.25, -0.2) is 5.84 Å². The standard InChI is InChI=1S/C9H17N3O/c1-6-7-2-4-12(5-3-7)8(6)9(13)11-10/h6-8H,2-5,10H2,1H3,(H,11,13). The molecule has 0 saturated carbocycles. The number of nitrogens with zero attached hydrogens (tertiary/aromatic N) is 1. The quantitative estimate of drug-likeness (QED) is 0.333. The molecule has 0 spiro atoms. The van der Waals surface area contributed by atoms with Gasteiger partial charge in [0.05, 0.1) is 6.04 Å². The van der Waals surface area contributed by atoms with Gasteiger partial charge >= 0.3 is 0 Å². The van der Waals surface area contributed by atoms with Crippen molar-refractivity contribution < 1.29 is 4.79 Å². The van der Waals surface area contributed by atoms with Crippen molar-refractivity contribution in [1.82, 2.24) is 10.3 Å². The Morgan fingerprint density at radius 2 is 2.08 bits per heavy atom. The van der Waals surface area contributed by atoms with Gasteiger partial charge < -0.3 is 0 Å². The average Bonchev–Trinajstić information content (AvgIpc) is 2.18. The van der Waals surface area contributed by atoms with Gasteiger partial charge in [0.2, 0.25) is 0 Å². The van der Waals surface area contributed by atoms with Crippen molar-refractivity contribution in [3.05, 3.63) is 0 Å². The smallest absolute Gasteiger partial charge is 0.251 e. The predicted octanol–water partition coefficient (Wildman–Crippen LogP) is -0.293. The van der Waals surface area contributed by atoms with Crippen LogP contribution in [0.5, 0.6) is 0 Å². The number of carbonyl (C=O) groups excluding carboxylic acids is 1. The van der Waals surface area contributed by atoms with E-state index in [0.717, 1.165) is 19.0 Å². The summed E-state index contributed by atoms with van der Waals surface area (Å²) in [5.41, 5.74) is 2.27. The number of hydrazine groups is 1. The van der Waals surface area contributed by atoms with Crippen LogP contribution in [0.1, 0.15) is 19.8 Å². The fraction of sp³-hybridized carbons (Fsp3) is 0.889. The first kappa shape index (κ1) is 8.97. The Balaban J connectivity index is 2.14. The van der Waals surface area contributed by atoms with Crippen molar-refractivity contribution in [2.75, 3.05) is 13.1 Å². The molecule has 2 atom stereocenters. The Hall–Kier alpha value is -0.610. The molecule has 2 unspecified atom stereocenters. The van der Waals surface area contributed by atoms with Gasteiger partial charge in [0.25, 0.3) is 5.91 Å². The normalized spacial score (nSPS) is 43.2. The molecule has 1 amide bonds. The zero-order valence-electron chi connectivity index (χ0n) is 7.99. The number of rotatable bonds is 1. The van der Waals surface area contributed by atoms with Gasteiger partial charge in [0, 0.05) is 0 Å². The van der Waals surface area contributed by atoms with Crippen molar-refractivity contribution in [2.45, 2.75) is 25.8 Å². The maximum Gasteiger partial charge on any atom is 0.251 e. The zero-order chi connectivity index (χ0) is 9.42. The maximum absolute atomic E-state index is 11.5. The summed E-state index contributed by atoms with van der Waals surface area (Å²) in [4.78, 5) is 13.7. The van der Waals surface area contributed by atoms with Crippen molar-refractivity contribution in [3.63, 3.8) is 0 Å². The van der Waals surface area contributed by atoms with Crippen molar-refractivity contribution >= 4 is 5.91 Å². The van der Waals surface area contributed by atoms with Gasteiger partial charge in [-0.1, -0.05) is 6.92 Å². The van der Waals surface area contributed by atoms with Crippen molar-refractivity contribution in [1.29, 1.82) is 0 Å². The van der Waals surface area contributed by atoms with Crippen molar-refractivity contribution in [2.24, 2.45) is 17.7 Å². The Morgan fingerprint density at radius 1 is 1.46 bits per heavy atom. The Labute approximate surface area is 78.4 Å². The maximum atomic E-state index is 11.5. The third kappa shape index (κ3) is 1.34. The molecule has 4 nitrogen and oxygen atoms in total. The molecule has 0 aliphatic carbocycles. The summed E-state index contributed by atoms with van der Waals surface area (Å²) in [5.74, 6) is 6.35. The van der Waals surface area contributed by atoms with Gasteiger partial charge in [-0.2, -0.15) is 0 Å². The van der Waals surface area contributed by atoms with Gasteiger partial charge in [-0.3, -0.25) is 15.1 Å². The lowest BCUT2D eigenvalue weighted by Gasteiger charge is -2.48. The van der Waals surface area contributed by atoms with Crippen molar-refractivity contribution in [3.8, 4) is 0 Å². The molecule has 0 aromatic carbocycles. The largest absolute Gasteiger partial charge is 0.293 e. The molecule has 0 aromatic heterocycles.